The van der Waals surface area contributed by atoms with E-state index in [2.05, 4.69) is 15.5 Å². The SMILES string of the molecule is O=C(/C=C/c1ccccc1F)Nc1cn[nH]c1. The fourth-order valence-corrected chi connectivity index (χ4v) is 1.28. The van der Waals surface area contributed by atoms with Gasteiger partial charge in [-0.05, 0) is 12.1 Å². The summed E-state index contributed by atoms with van der Waals surface area (Å²) in [5.74, 6) is -0.700. The van der Waals surface area contributed by atoms with E-state index >= 15 is 0 Å². The van der Waals surface area contributed by atoms with Crippen LogP contribution in [0.3, 0.4) is 0 Å². The fraction of sp³-hybridized carbons (Fsp3) is 0. The number of carbonyl (C=O) groups excluding carboxylic acids is 1. The van der Waals surface area contributed by atoms with Gasteiger partial charge in [0, 0.05) is 17.8 Å². The Hall–Kier alpha value is -2.43. The molecule has 0 spiro atoms. The third-order valence-corrected chi connectivity index (χ3v) is 2.09. The van der Waals surface area contributed by atoms with Crippen molar-refractivity contribution >= 4 is 17.7 Å². The molecule has 1 amide bonds. The zero-order valence-corrected chi connectivity index (χ0v) is 8.85. The molecule has 5 heteroatoms. The number of carbonyl (C=O) groups is 1. The highest BCUT2D eigenvalue weighted by Crippen LogP contribution is 2.08. The highest BCUT2D eigenvalue weighted by Gasteiger charge is 1.99. The van der Waals surface area contributed by atoms with Crippen molar-refractivity contribution < 1.29 is 9.18 Å². The second-order valence-electron chi connectivity index (χ2n) is 3.33. The van der Waals surface area contributed by atoms with Gasteiger partial charge in [0.05, 0.1) is 11.9 Å². The second kappa shape index (κ2) is 5.07. The standard InChI is InChI=1S/C12H10FN3O/c13-11-4-2-1-3-9(11)5-6-12(17)16-10-7-14-15-8-10/h1-8H,(H,14,15)(H,16,17)/b6-5+. The number of nitrogens with one attached hydrogen (secondary N) is 2. The number of halogens is 1. The van der Waals surface area contributed by atoms with Crippen LogP contribution in [0, 0.1) is 5.82 Å². The quantitative estimate of drug-likeness (QED) is 0.795. The summed E-state index contributed by atoms with van der Waals surface area (Å²) < 4.78 is 13.2. The minimum absolute atomic E-state index is 0.338. The van der Waals surface area contributed by atoms with E-state index in [9.17, 15) is 9.18 Å². The van der Waals surface area contributed by atoms with Gasteiger partial charge in [0.2, 0.25) is 5.91 Å². The molecule has 0 radical (unpaired) electrons. The summed E-state index contributed by atoms with van der Waals surface area (Å²) in [4.78, 5) is 11.4. The molecule has 0 unspecified atom stereocenters. The molecule has 1 aromatic carbocycles. The fourth-order valence-electron chi connectivity index (χ4n) is 1.28. The molecule has 0 fully saturated rings. The molecule has 0 atom stereocenters. The van der Waals surface area contributed by atoms with Crippen LogP contribution >= 0.6 is 0 Å². The first-order valence-electron chi connectivity index (χ1n) is 4.98. The zero-order valence-electron chi connectivity index (χ0n) is 8.85. The Kier molecular flexibility index (Phi) is 3.30. The van der Waals surface area contributed by atoms with Crippen LogP contribution in [0.25, 0.3) is 6.08 Å². The van der Waals surface area contributed by atoms with Crippen molar-refractivity contribution in [1.82, 2.24) is 10.2 Å². The Balaban J connectivity index is 2.01. The molecule has 0 saturated heterocycles. The van der Waals surface area contributed by atoms with E-state index in [1.807, 2.05) is 0 Å². The van der Waals surface area contributed by atoms with Crippen molar-refractivity contribution in [2.75, 3.05) is 5.32 Å². The number of H-pyrrole nitrogens is 1. The molecule has 0 bridgehead atoms. The van der Waals surface area contributed by atoms with Crippen LogP contribution < -0.4 is 5.32 Å². The van der Waals surface area contributed by atoms with E-state index in [4.69, 9.17) is 0 Å². The van der Waals surface area contributed by atoms with Gasteiger partial charge < -0.3 is 5.32 Å². The van der Waals surface area contributed by atoms with Gasteiger partial charge in [-0.2, -0.15) is 5.10 Å². The summed E-state index contributed by atoms with van der Waals surface area (Å²) >= 11 is 0. The summed E-state index contributed by atoms with van der Waals surface area (Å²) in [7, 11) is 0. The maximum absolute atomic E-state index is 13.2. The van der Waals surface area contributed by atoms with Crippen molar-refractivity contribution in [2.24, 2.45) is 0 Å². The number of nitrogens with zero attached hydrogens (tertiary/aromatic N) is 1. The van der Waals surface area contributed by atoms with Crippen molar-refractivity contribution in [3.63, 3.8) is 0 Å². The average Bonchev–Trinajstić information content (AvgIpc) is 2.81. The van der Waals surface area contributed by atoms with E-state index in [1.165, 1.54) is 24.4 Å². The maximum atomic E-state index is 13.2. The molecule has 0 saturated carbocycles. The molecule has 0 aliphatic rings. The lowest BCUT2D eigenvalue weighted by Crippen LogP contribution is -2.06. The third-order valence-electron chi connectivity index (χ3n) is 2.09. The minimum atomic E-state index is -0.361. The topological polar surface area (TPSA) is 57.8 Å². The van der Waals surface area contributed by atoms with E-state index in [0.29, 0.717) is 11.3 Å². The minimum Gasteiger partial charge on any atom is -0.320 e. The van der Waals surface area contributed by atoms with Crippen molar-refractivity contribution in [3.05, 3.63) is 54.1 Å². The van der Waals surface area contributed by atoms with Crippen molar-refractivity contribution in [2.45, 2.75) is 0 Å². The lowest BCUT2D eigenvalue weighted by Gasteiger charge is -1.97. The van der Waals surface area contributed by atoms with Crippen molar-refractivity contribution in [3.8, 4) is 0 Å². The van der Waals surface area contributed by atoms with Gasteiger partial charge >= 0.3 is 0 Å². The highest BCUT2D eigenvalue weighted by atomic mass is 19.1. The summed E-state index contributed by atoms with van der Waals surface area (Å²) in [5.41, 5.74) is 0.933. The number of aromatic amines is 1. The zero-order chi connectivity index (χ0) is 12.1. The summed E-state index contributed by atoms with van der Waals surface area (Å²) in [6.45, 7) is 0. The smallest absolute Gasteiger partial charge is 0.248 e. The summed E-state index contributed by atoms with van der Waals surface area (Å²) in [5, 5.41) is 8.82. The molecule has 2 rings (SSSR count). The van der Waals surface area contributed by atoms with Crippen LogP contribution in [-0.4, -0.2) is 16.1 Å². The Morgan fingerprint density at radius 1 is 1.41 bits per heavy atom. The molecule has 17 heavy (non-hydrogen) atoms. The molecule has 2 N–H and O–H groups in total. The van der Waals surface area contributed by atoms with Gasteiger partial charge in [-0.15, -0.1) is 0 Å². The van der Waals surface area contributed by atoms with E-state index < -0.39 is 0 Å². The first-order chi connectivity index (χ1) is 8.25. The Labute approximate surface area is 97.2 Å². The first-order valence-corrected chi connectivity index (χ1v) is 4.98. The number of aromatic nitrogens is 2. The molecule has 4 nitrogen and oxygen atoms in total. The van der Waals surface area contributed by atoms with Gasteiger partial charge in [0.1, 0.15) is 5.82 Å². The largest absolute Gasteiger partial charge is 0.320 e. The predicted molar refractivity (Wildman–Crippen MR) is 62.7 cm³/mol. The lowest BCUT2D eigenvalue weighted by atomic mass is 10.2. The van der Waals surface area contributed by atoms with Crippen LogP contribution in [0.1, 0.15) is 5.56 Å². The Morgan fingerprint density at radius 3 is 2.94 bits per heavy atom. The molecular weight excluding hydrogens is 221 g/mol. The number of anilines is 1. The molecule has 0 aliphatic carbocycles. The van der Waals surface area contributed by atoms with Crippen LogP contribution in [0.4, 0.5) is 10.1 Å². The van der Waals surface area contributed by atoms with Crippen LogP contribution in [0.5, 0.6) is 0 Å². The van der Waals surface area contributed by atoms with Crippen LogP contribution in [0.15, 0.2) is 42.7 Å². The molecule has 1 heterocycles. The molecular formula is C12H10FN3O. The van der Waals surface area contributed by atoms with Gasteiger partial charge in [0.25, 0.3) is 0 Å². The van der Waals surface area contributed by atoms with Gasteiger partial charge in [-0.25, -0.2) is 4.39 Å². The number of hydrogen-bond donors (Lipinski definition) is 2. The Bertz CT molecular complexity index is 534. The summed E-state index contributed by atoms with van der Waals surface area (Å²) in [6.07, 6.45) is 5.72. The second-order valence-corrected chi connectivity index (χ2v) is 3.33. The summed E-state index contributed by atoms with van der Waals surface area (Å²) in [6, 6.07) is 6.24. The number of benzene rings is 1. The van der Waals surface area contributed by atoms with E-state index in [-0.39, 0.29) is 11.7 Å². The molecule has 86 valence electrons. The predicted octanol–water partition coefficient (Wildman–Crippen LogP) is 2.20. The lowest BCUT2D eigenvalue weighted by molar-refractivity contribution is -0.111. The normalized spacial score (nSPS) is 10.6. The maximum Gasteiger partial charge on any atom is 0.248 e. The first kappa shape index (κ1) is 11.1. The van der Waals surface area contributed by atoms with Gasteiger partial charge in [-0.3, -0.25) is 9.89 Å². The van der Waals surface area contributed by atoms with Gasteiger partial charge in [-0.1, -0.05) is 18.2 Å². The molecule has 2 aromatic rings. The monoisotopic (exact) mass is 231 g/mol. The van der Waals surface area contributed by atoms with E-state index in [0.717, 1.165) is 0 Å². The highest BCUT2D eigenvalue weighted by molar-refractivity contribution is 6.01. The van der Waals surface area contributed by atoms with Crippen molar-refractivity contribution in [1.29, 1.82) is 0 Å². The van der Waals surface area contributed by atoms with Crippen LogP contribution in [0.2, 0.25) is 0 Å². The van der Waals surface area contributed by atoms with Crippen LogP contribution in [-0.2, 0) is 4.79 Å². The average molecular weight is 231 g/mol. The van der Waals surface area contributed by atoms with Gasteiger partial charge in [0.15, 0.2) is 0 Å². The number of amides is 1. The number of rotatable bonds is 3. The molecule has 0 aliphatic heterocycles. The number of hydrogen-bond acceptors (Lipinski definition) is 2. The van der Waals surface area contributed by atoms with E-state index in [1.54, 1.807) is 24.4 Å². The third kappa shape index (κ3) is 3.01. The Morgan fingerprint density at radius 2 is 2.24 bits per heavy atom. The molecule has 1 aromatic heterocycles.